The van der Waals surface area contributed by atoms with Gasteiger partial charge in [0.1, 0.15) is 6.07 Å². The van der Waals surface area contributed by atoms with Crippen LogP contribution in [0.4, 0.5) is 11.4 Å². The highest BCUT2D eigenvalue weighted by atomic mass is 16.1. The molecule has 0 aromatic heterocycles. The highest BCUT2D eigenvalue weighted by Crippen LogP contribution is 2.22. The molecule has 3 aromatic carbocycles. The first kappa shape index (κ1) is 14.6. The van der Waals surface area contributed by atoms with Gasteiger partial charge >= 0.3 is 0 Å². The number of nitrogens with zero attached hydrogens (tertiary/aromatic N) is 1. The van der Waals surface area contributed by atoms with Gasteiger partial charge in [0.05, 0.1) is 17.8 Å². The van der Waals surface area contributed by atoms with Gasteiger partial charge in [0, 0.05) is 11.1 Å². The molecule has 0 bridgehead atoms. The molecule has 1 amide bonds. The average molecular weight is 301 g/mol. The highest BCUT2D eigenvalue weighted by molar-refractivity contribution is 5.98. The van der Waals surface area contributed by atoms with Crippen LogP contribution in [-0.4, -0.2) is 12.5 Å². The van der Waals surface area contributed by atoms with Gasteiger partial charge in [-0.15, -0.1) is 0 Å². The van der Waals surface area contributed by atoms with Crippen LogP contribution in [0.3, 0.4) is 0 Å². The molecule has 3 aromatic rings. The summed E-state index contributed by atoms with van der Waals surface area (Å²) in [5.41, 5.74) is 1.89. The molecule has 0 saturated carbocycles. The quantitative estimate of drug-likeness (QED) is 0.771. The lowest BCUT2D eigenvalue weighted by molar-refractivity contribution is -0.114. The lowest BCUT2D eigenvalue weighted by atomic mass is 10.1. The van der Waals surface area contributed by atoms with E-state index >= 15 is 0 Å². The number of carbonyl (C=O) groups excluding carboxylic acids is 1. The summed E-state index contributed by atoms with van der Waals surface area (Å²) in [5, 5.41) is 17.1. The van der Waals surface area contributed by atoms with Crippen molar-refractivity contribution in [2.45, 2.75) is 0 Å². The number of rotatable bonds is 4. The molecule has 0 aliphatic rings. The molecule has 0 fully saturated rings. The van der Waals surface area contributed by atoms with Gasteiger partial charge in [-0.25, -0.2) is 0 Å². The minimum atomic E-state index is -0.194. The third-order valence-electron chi connectivity index (χ3n) is 3.55. The summed E-state index contributed by atoms with van der Waals surface area (Å²) < 4.78 is 0. The van der Waals surface area contributed by atoms with E-state index < -0.39 is 0 Å². The minimum absolute atomic E-state index is 0.133. The third kappa shape index (κ3) is 3.30. The maximum absolute atomic E-state index is 12.1. The van der Waals surface area contributed by atoms with Crippen LogP contribution in [0.15, 0.2) is 66.7 Å². The summed E-state index contributed by atoms with van der Waals surface area (Å²) in [6, 6.07) is 22.9. The number of benzene rings is 3. The zero-order valence-electron chi connectivity index (χ0n) is 12.4. The van der Waals surface area contributed by atoms with Crippen LogP contribution in [0.25, 0.3) is 10.8 Å². The molecular weight excluding hydrogens is 286 g/mol. The van der Waals surface area contributed by atoms with Gasteiger partial charge in [0.2, 0.25) is 5.91 Å². The van der Waals surface area contributed by atoms with Crippen LogP contribution in [0.1, 0.15) is 5.56 Å². The molecule has 3 rings (SSSR count). The van der Waals surface area contributed by atoms with Crippen molar-refractivity contribution in [3.63, 3.8) is 0 Å². The van der Waals surface area contributed by atoms with Crippen LogP contribution >= 0.6 is 0 Å². The zero-order chi connectivity index (χ0) is 16.1. The Hall–Kier alpha value is -3.32. The van der Waals surface area contributed by atoms with Crippen LogP contribution in [0, 0.1) is 11.3 Å². The van der Waals surface area contributed by atoms with E-state index in [1.54, 1.807) is 24.3 Å². The lowest BCUT2D eigenvalue weighted by Gasteiger charge is -2.11. The van der Waals surface area contributed by atoms with E-state index in [1.165, 1.54) is 0 Å². The molecule has 0 aliphatic carbocycles. The summed E-state index contributed by atoms with van der Waals surface area (Å²) >= 11 is 0. The SMILES string of the molecule is N#Cc1ccccc1NC(=O)CNc1cccc2ccccc12. The van der Waals surface area contributed by atoms with Crippen molar-refractivity contribution in [2.75, 3.05) is 17.2 Å². The summed E-state index contributed by atoms with van der Waals surface area (Å²) in [5.74, 6) is -0.194. The van der Waals surface area contributed by atoms with Crippen LogP contribution in [-0.2, 0) is 4.79 Å². The zero-order valence-corrected chi connectivity index (χ0v) is 12.4. The van der Waals surface area contributed by atoms with Gasteiger partial charge in [0.25, 0.3) is 0 Å². The van der Waals surface area contributed by atoms with Crippen molar-refractivity contribution in [1.29, 1.82) is 5.26 Å². The van der Waals surface area contributed by atoms with Crippen molar-refractivity contribution in [3.8, 4) is 6.07 Å². The second-order valence-electron chi connectivity index (χ2n) is 5.09. The Labute approximate surface area is 134 Å². The first-order valence-corrected chi connectivity index (χ1v) is 7.28. The lowest BCUT2D eigenvalue weighted by Crippen LogP contribution is -2.22. The second kappa shape index (κ2) is 6.63. The number of fused-ring (bicyclic) bond motifs is 1. The maximum atomic E-state index is 12.1. The van der Waals surface area contributed by atoms with Crippen LogP contribution in [0.5, 0.6) is 0 Å². The number of hydrogen-bond acceptors (Lipinski definition) is 3. The Morgan fingerprint density at radius 1 is 0.913 bits per heavy atom. The topological polar surface area (TPSA) is 64.9 Å². The van der Waals surface area contributed by atoms with Crippen molar-refractivity contribution in [1.82, 2.24) is 0 Å². The molecule has 0 aliphatic heterocycles. The van der Waals surface area contributed by atoms with E-state index in [4.69, 9.17) is 5.26 Å². The van der Waals surface area contributed by atoms with Gasteiger partial charge in [0.15, 0.2) is 0 Å². The van der Waals surface area contributed by atoms with E-state index in [0.717, 1.165) is 16.5 Å². The second-order valence-corrected chi connectivity index (χ2v) is 5.09. The largest absolute Gasteiger partial charge is 0.376 e. The molecular formula is C19H15N3O. The monoisotopic (exact) mass is 301 g/mol. The molecule has 23 heavy (non-hydrogen) atoms. The van der Waals surface area contributed by atoms with Crippen molar-refractivity contribution in [2.24, 2.45) is 0 Å². The Kier molecular flexibility index (Phi) is 4.21. The van der Waals surface area contributed by atoms with Crippen molar-refractivity contribution < 1.29 is 4.79 Å². The predicted octanol–water partition coefficient (Wildman–Crippen LogP) is 3.76. The van der Waals surface area contributed by atoms with Gasteiger partial charge in [-0.3, -0.25) is 4.79 Å². The Balaban J connectivity index is 1.70. The molecule has 0 heterocycles. The minimum Gasteiger partial charge on any atom is -0.376 e. The van der Waals surface area contributed by atoms with Gasteiger partial charge in [-0.1, -0.05) is 48.5 Å². The average Bonchev–Trinajstić information content (AvgIpc) is 2.60. The van der Waals surface area contributed by atoms with Gasteiger partial charge in [-0.05, 0) is 23.6 Å². The third-order valence-corrected chi connectivity index (χ3v) is 3.55. The molecule has 0 atom stereocenters. The fourth-order valence-corrected chi connectivity index (χ4v) is 2.44. The Morgan fingerprint density at radius 3 is 2.48 bits per heavy atom. The molecule has 0 unspecified atom stereocenters. The first-order valence-electron chi connectivity index (χ1n) is 7.28. The summed E-state index contributed by atoms with van der Waals surface area (Å²) in [7, 11) is 0. The molecule has 0 spiro atoms. The first-order chi connectivity index (χ1) is 11.3. The number of para-hydroxylation sites is 1. The number of amides is 1. The fraction of sp³-hybridized carbons (Fsp3) is 0.0526. The van der Waals surface area contributed by atoms with E-state index in [-0.39, 0.29) is 12.5 Å². The number of hydrogen-bond donors (Lipinski definition) is 2. The van der Waals surface area contributed by atoms with E-state index in [2.05, 4.69) is 16.7 Å². The van der Waals surface area contributed by atoms with Crippen molar-refractivity contribution >= 4 is 28.1 Å². The van der Waals surface area contributed by atoms with E-state index in [0.29, 0.717) is 11.3 Å². The number of anilines is 2. The number of nitrogens with one attached hydrogen (secondary N) is 2. The highest BCUT2D eigenvalue weighted by Gasteiger charge is 2.07. The molecule has 2 N–H and O–H groups in total. The summed E-state index contributed by atoms with van der Waals surface area (Å²) in [6.07, 6.45) is 0. The van der Waals surface area contributed by atoms with Crippen LogP contribution < -0.4 is 10.6 Å². The Morgan fingerprint density at radius 2 is 1.61 bits per heavy atom. The number of nitriles is 1. The summed E-state index contributed by atoms with van der Waals surface area (Å²) in [6.45, 7) is 0.133. The smallest absolute Gasteiger partial charge is 0.243 e. The molecule has 4 nitrogen and oxygen atoms in total. The predicted molar refractivity (Wildman–Crippen MR) is 92.2 cm³/mol. The molecule has 0 saturated heterocycles. The number of carbonyl (C=O) groups is 1. The van der Waals surface area contributed by atoms with Crippen LogP contribution in [0.2, 0.25) is 0 Å². The van der Waals surface area contributed by atoms with E-state index in [1.807, 2.05) is 42.5 Å². The fourth-order valence-electron chi connectivity index (χ4n) is 2.44. The van der Waals surface area contributed by atoms with Crippen molar-refractivity contribution in [3.05, 3.63) is 72.3 Å². The molecule has 4 heteroatoms. The van der Waals surface area contributed by atoms with E-state index in [9.17, 15) is 4.79 Å². The van der Waals surface area contributed by atoms with Gasteiger partial charge in [-0.2, -0.15) is 5.26 Å². The molecule has 112 valence electrons. The standard InChI is InChI=1S/C19H15N3O/c20-12-15-7-2-4-10-17(15)22-19(23)13-21-18-11-5-8-14-6-1-3-9-16(14)18/h1-11,21H,13H2,(H,22,23). The molecule has 0 radical (unpaired) electrons. The normalized spacial score (nSPS) is 10.0. The maximum Gasteiger partial charge on any atom is 0.243 e. The van der Waals surface area contributed by atoms with Gasteiger partial charge < -0.3 is 10.6 Å². The summed E-state index contributed by atoms with van der Waals surface area (Å²) in [4.78, 5) is 12.1. The Bertz CT molecular complexity index is 891.